The number of nitrogens with zero attached hydrogens (tertiary/aromatic N) is 2. The van der Waals surface area contributed by atoms with Crippen molar-refractivity contribution >= 4 is 0 Å². The number of hydrogen-bond donors (Lipinski definition) is 2. The van der Waals surface area contributed by atoms with E-state index in [9.17, 15) is 5.11 Å². The Kier molecular flexibility index (Phi) is 3.45. The largest absolute Gasteiger partial charge is 0.508 e. The molecule has 6 heteroatoms. The number of phenolic OH excluding ortho intramolecular Hbond substituents is 1. The van der Waals surface area contributed by atoms with E-state index >= 15 is 0 Å². The van der Waals surface area contributed by atoms with Crippen LogP contribution in [0.15, 0.2) is 45.5 Å². The van der Waals surface area contributed by atoms with Crippen LogP contribution in [0.5, 0.6) is 5.75 Å². The summed E-state index contributed by atoms with van der Waals surface area (Å²) in [5, 5.41) is 13.2. The maximum absolute atomic E-state index is 9.26. The van der Waals surface area contributed by atoms with Gasteiger partial charge in [0.25, 0.3) is 0 Å². The molecule has 21 heavy (non-hydrogen) atoms. The number of benzene rings is 1. The Labute approximate surface area is 121 Å². The lowest BCUT2D eigenvalue weighted by Gasteiger charge is -2.06. The number of hydrogen-bond acceptors (Lipinski definition) is 6. The standard InChI is InChI=1S/C15H15N3O3/c1-9-12(6-7-20-9)14-17-15(21-18-14)13(16)8-10-2-4-11(19)5-3-10/h2-7,13,19H,8,16H2,1H3/t13-/m0/s1. The Hall–Kier alpha value is -2.60. The minimum absolute atomic E-state index is 0.225. The van der Waals surface area contributed by atoms with Crippen molar-refractivity contribution < 1.29 is 14.0 Å². The molecule has 0 bridgehead atoms. The molecular weight excluding hydrogens is 270 g/mol. The van der Waals surface area contributed by atoms with Gasteiger partial charge in [0.15, 0.2) is 0 Å². The lowest BCUT2D eigenvalue weighted by molar-refractivity contribution is 0.354. The normalized spacial score (nSPS) is 12.5. The zero-order chi connectivity index (χ0) is 14.8. The van der Waals surface area contributed by atoms with Crippen LogP contribution in [0, 0.1) is 6.92 Å². The van der Waals surface area contributed by atoms with Crippen molar-refractivity contribution in [2.75, 3.05) is 0 Å². The van der Waals surface area contributed by atoms with Crippen LogP contribution in [0.1, 0.15) is 23.3 Å². The van der Waals surface area contributed by atoms with Crippen molar-refractivity contribution in [1.82, 2.24) is 10.1 Å². The molecule has 3 aromatic rings. The van der Waals surface area contributed by atoms with Crippen LogP contribution >= 0.6 is 0 Å². The molecule has 0 fully saturated rings. The summed E-state index contributed by atoms with van der Waals surface area (Å²) in [6, 6.07) is 8.25. The van der Waals surface area contributed by atoms with Gasteiger partial charge >= 0.3 is 0 Å². The predicted molar refractivity (Wildman–Crippen MR) is 75.5 cm³/mol. The smallest absolute Gasteiger partial charge is 0.244 e. The summed E-state index contributed by atoms with van der Waals surface area (Å²) in [5.41, 5.74) is 7.87. The Balaban J connectivity index is 1.76. The van der Waals surface area contributed by atoms with E-state index in [1.54, 1.807) is 24.5 Å². The van der Waals surface area contributed by atoms with Crippen molar-refractivity contribution in [2.45, 2.75) is 19.4 Å². The van der Waals surface area contributed by atoms with E-state index in [4.69, 9.17) is 14.7 Å². The highest BCUT2D eigenvalue weighted by Gasteiger charge is 2.18. The molecule has 0 aliphatic carbocycles. The van der Waals surface area contributed by atoms with Gasteiger partial charge in [0, 0.05) is 0 Å². The number of nitrogens with two attached hydrogens (primary N) is 1. The highest BCUT2D eigenvalue weighted by molar-refractivity contribution is 5.56. The first-order chi connectivity index (χ1) is 10.1. The first-order valence-electron chi connectivity index (χ1n) is 6.55. The molecule has 3 N–H and O–H groups in total. The van der Waals surface area contributed by atoms with Crippen molar-refractivity contribution in [3.05, 3.63) is 53.8 Å². The van der Waals surface area contributed by atoms with Crippen LogP contribution in [0.2, 0.25) is 0 Å². The van der Waals surface area contributed by atoms with E-state index in [1.165, 1.54) is 0 Å². The van der Waals surface area contributed by atoms with Gasteiger partial charge in [-0.1, -0.05) is 17.3 Å². The van der Waals surface area contributed by atoms with Gasteiger partial charge in [-0.05, 0) is 37.1 Å². The monoisotopic (exact) mass is 285 g/mol. The molecule has 0 radical (unpaired) electrons. The molecule has 0 saturated heterocycles. The van der Waals surface area contributed by atoms with Gasteiger partial charge in [-0.3, -0.25) is 0 Å². The van der Waals surface area contributed by atoms with E-state index in [1.807, 2.05) is 19.1 Å². The average molecular weight is 285 g/mol. The number of furan rings is 1. The summed E-state index contributed by atoms with van der Waals surface area (Å²) < 4.78 is 10.4. The van der Waals surface area contributed by atoms with Crippen molar-refractivity contribution in [2.24, 2.45) is 5.73 Å². The molecule has 1 atom stereocenters. The maximum atomic E-state index is 9.26. The maximum Gasteiger partial charge on any atom is 0.244 e. The third-order valence-corrected chi connectivity index (χ3v) is 3.25. The zero-order valence-electron chi connectivity index (χ0n) is 11.5. The van der Waals surface area contributed by atoms with Gasteiger partial charge < -0.3 is 19.8 Å². The Morgan fingerprint density at radius 3 is 2.67 bits per heavy atom. The third kappa shape index (κ3) is 2.80. The quantitative estimate of drug-likeness (QED) is 0.764. The van der Waals surface area contributed by atoms with E-state index < -0.39 is 6.04 Å². The SMILES string of the molecule is Cc1occc1-c1noc([C@@H](N)Cc2ccc(O)cc2)n1. The summed E-state index contributed by atoms with van der Waals surface area (Å²) in [6.45, 7) is 1.84. The summed E-state index contributed by atoms with van der Waals surface area (Å²) in [4.78, 5) is 4.32. The minimum Gasteiger partial charge on any atom is -0.508 e. The molecule has 2 aromatic heterocycles. The molecule has 6 nitrogen and oxygen atoms in total. The van der Waals surface area contributed by atoms with Gasteiger partial charge in [-0.25, -0.2) is 0 Å². The fraction of sp³-hybridized carbons (Fsp3) is 0.200. The van der Waals surface area contributed by atoms with E-state index in [2.05, 4.69) is 10.1 Å². The molecule has 0 unspecified atom stereocenters. The second-order valence-electron chi connectivity index (χ2n) is 4.82. The predicted octanol–water partition coefficient (Wildman–Crippen LogP) is 2.59. The van der Waals surface area contributed by atoms with Gasteiger partial charge in [-0.2, -0.15) is 4.98 Å². The lowest BCUT2D eigenvalue weighted by atomic mass is 10.1. The van der Waals surface area contributed by atoms with Crippen LogP contribution < -0.4 is 5.73 Å². The zero-order valence-corrected chi connectivity index (χ0v) is 11.5. The van der Waals surface area contributed by atoms with Crippen molar-refractivity contribution in [1.29, 1.82) is 0 Å². The molecule has 0 spiro atoms. The van der Waals surface area contributed by atoms with Gasteiger partial charge in [0.05, 0.1) is 17.9 Å². The molecule has 2 heterocycles. The fourth-order valence-electron chi connectivity index (χ4n) is 2.09. The summed E-state index contributed by atoms with van der Waals surface area (Å²) in [6.07, 6.45) is 2.13. The summed E-state index contributed by atoms with van der Waals surface area (Å²) >= 11 is 0. The summed E-state index contributed by atoms with van der Waals surface area (Å²) in [5.74, 6) is 1.80. The minimum atomic E-state index is -0.400. The first-order valence-corrected chi connectivity index (χ1v) is 6.55. The first kappa shape index (κ1) is 13.4. The molecule has 0 aliphatic rings. The topological polar surface area (TPSA) is 98.3 Å². The van der Waals surface area contributed by atoms with Crippen LogP contribution in [-0.2, 0) is 6.42 Å². The lowest BCUT2D eigenvalue weighted by Crippen LogP contribution is -2.13. The summed E-state index contributed by atoms with van der Waals surface area (Å²) in [7, 11) is 0. The third-order valence-electron chi connectivity index (χ3n) is 3.25. The highest BCUT2D eigenvalue weighted by atomic mass is 16.5. The Morgan fingerprint density at radius 2 is 2.00 bits per heavy atom. The van der Waals surface area contributed by atoms with Crippen molar-refractivity contribution in [3.8, 4) is 17.1 Å². The molecular formula is C15H15N3O3. The highest BCUT2D eigenvalue weighted by Crippen LogP contribution is 2.23. The molecule has 108 valence electrons. The molecule has 1 aromatic carbocycles. The second kappa shape index (κ2) is 5.41. The Morgan fingerprint density at radius 1 is 1.24 bits per heavy atom. The van der Waals surface area contributed by atoms with Crippen LogP contribution in [0.3, 0.4) is 0 Å². The van der Waals surface area contributed by atoms with Crippen LogP contribution in [0.4, 0.5) is 0 Å². The molecule has 0 saturated carbocycles. The second-order valence-corrected chi connectivity index (χ2v) is 4.82. The fourth-order valence-corrected chi connectivity index (χ4v) is 2.09. The van der Waals surface area contributed by atoms with Crippen LogP contribution in [-0.4, -0.2) is 15.2 Å². The van der Waals surface area contributed by atoms with Gasteiger partial charge in [0.1, 0.15) is 11.5 Å². The number of aryl methyl sites for hydroxylation is 1. The van der Waals surface area contributed by atoms with Crippen molar-refractivity contribution in [3.63, 3.8) is 0 Å². The number of aromatic hydroxyl groups is 1. The van der Waals surface area contributed by atoms with E-state index in [0.717, 1.165) is 16.9 Å². The Bertz CT molecular complexity index is 731. The number of phenols is 1. The van der Waals surface area contributed by atoms with E-state index in [-0.39, 0.29) is 5.75 Å². The average Bonchev–Trinajstić information content (AvgIpc) is 3.09. The van der Waals surface area contributed by atoms with E-state index in [0.29, 0.717) is 18.1 Å². The molecule has 0 aliphatic heterocycles. The van der Waals surface area contributed by atoms with Gasteiger partial charge in [0.2, 0.25) is 11.7 Å². The van der Waals surface area contributed by atoms with Gasteiger partial charge in [-0.15, -0.1) is 0 Å². The van der Waals surface area contributed by atoms with Crippen LogP contribution in [0.25, 0.3) is 11.4 Å². The number of rotatable bonds is 4. The number of aromatic nitrogens is 2. The molecule has 0 amide bonds. The molecule has 3 rings (SSSR count).